The number of hydrogen-bond donors (Lipinski definition) is 2. The van der Waals surface area contributed by atoms with Gasteiger partial charge in [-0.25, -0.2) is 0 Å². The topological polar surface area (TPSA) is 58.9 Å². The van der Waals surface area contributed by atoms with E-state index in [9.17, 15) is 10.2 Å². The largest absolute Gasteiger partial charge is 0.504 e. The molecule has 4 nitrogen and oxygen atoms in total. The highest BCUT2D eigenvalue weighted by molar-refractivity contribution is 5.57. The smallest absolute Gasteiger partial charge is 0.205 e. The number of rotatable bonds is 3. The predicted molar refractivity (Wildman–Crippen MR) is 92.3 cm³/mol. The Morgan fingerprint density at radius 1 is 0.958 bits per heavy atom. The highest BCUT2D eigenvalue weighted by Gasteiger charge is 2.30. The van der Waals surface area contributed by atoms with Gasteiger partial charge < -0.3 is 19.7 Å². The van der Waals surface area contributed by atoms with Gasteiger partial charge in [0.05, 0.1) is 0 Å². The van der Waals surface area contributed by atoms with Crippen molar-refractivity contribution in [1.82, 2.24) is 0 Å². The van der Waals surface area contributed by atoms with Crippen LogP contribution in [0.25, 0.3) is 6.08 Å². The van der Waals surface area contributed by atoms with Gasteiger partial charge in [0.25, 0.3) is 0 Å². The van der Waals surface area contributed by atoms with E-state index in [4.69, 9.17) is 9.47 Å². The molecule has 0 saturated heterocycles. The molecule has 0 saturated carbocycles. The maximum absolute atomic E-state index is 9.56. The molecular formula is C20H20O4. The van der Waals surface area contributed by atoms with Gasteiger partial charge in [0.15, 0.2) is 11.5 Å². The fourth-order valence-corrected chi connectivity index (χ4v) is 2.55. The van der Waals surface area contributed by atoms with Gasteiger partial charge in [0.1, 0.15) is 11.9 Å². The lowest BCUT2D eigenvalue weighted by Crippen LogP contribution is -2.33. The molecule has 1 atom stereocenters. The van der Waals surface area contributed by atoms with Gasteiger partial charge in [-0.05, 0) is 35.4 Å². The molecule has 1 unspecified atom stereocenters. The second-order valence-corrected chi connectivity index (χ2v) is 6.10. The summed E-state index contributed by atoms with van der Waals surface area (Å²) in [4.78, 5) is 0. The molecule has 1 aliphatic rings. The molecule has 3 rings (SSSR count). The van der Waals surface area contributed by atoms with Crippen molar-refractivity contribution < 1.29 is 19.7 Å². The molecule has 1 aliphatic heterocycles. The Bertz CT molecular complexity index is 775. The summed E-state index contributed by atoms with van der Waals surface area (Å²) in [6, 6.07) is 14.6. The van der Waals surface area contributed by atoms with Gasteiger partial charge >= 0.3 is 0 Å². The monoisotopic (exact) mass is 324 g/mol. The van der Waals surface area contributed by atoms with Crippen molar-refractivity contribution in [3.05, 3.63) is 77.6 Å². The number of ether oxygens (including phenoxy) is 2. The van der Waals surface area contributed by atoms with E-state index in [1.54, 1.807) is 6.07 Å². The molecule has 2 N–H and O–H groups in total. The highest BCUT2D eigenvalue weighted by Crippen LogP contribution is 2.34. The first-order valence-corrected chi connectivity index (χ1v) is 7.77. The summed E-state index contributed by atoms with van der Waals surface area (Å²) in [7, 11) is 0. The Hall–Kier alpha value is -2.72. The van der Waals surface area contributed by atoms with E-state index >= 15 is 0 Å². The van der Waals surface area contributed by atoms with Crippen LogP contribution in [0.3, 0.4) is 0 Å². The van der Waals surface area contributed by atoms with E-state index < -0.39 is 5.79 Å². The molecule has 0 radical (unpaired) electrons. The predicted octanol–water partition coefficient (Wildman–Crippen LogP) is 4.52. The Morgan fingerprint density at radius 3 is 2.42 bits per heavy atom. The molecule has 24 heavy (non-hydrogen) atoms. The first-order valence-electron chi connectivity index (χ1n) is 7.77. The van der Waals surface area contributed by atoms with Crippen LogP contribution in [0, 0.1) is 0 Å². The first kappa shape index (κ1) is 16.1. The van der Waals surface area contributed by atoms with Crippen LogP contribution < -0.4 is 0 Å². The second kappa shape index (κ2) is 6.42. The van der Waals surface area contributed by atoms with Crippen LogP contribution in [-0.4, -0.2) is 16.0 Å². The minimum atomic E-state index is -0.744. The molecule has 0 spiro atoms. The van der Waals surface area contributed by atoms with Gasteiger partial charge in [-0.1, -0.05) is 42.5 Å². The van der Waals surface area contributed by atoms with Crippen molar-refractivity contribution in [2.24, 2.45) is 0 Å². The van der Waals surface area contributed by atoms with Gasteiger partial charge in [-0.2, -0.15) is 0 Å². The zero-order valence-corrected chi connectivity index (χ0v) is 13.6. The summed E-state index contributed by atoms with van der Waals surface area (Å²) >= 11 is 0. The fourth-order valence-electron chi connectivity index (χ4n) is 2.55. The minimum absolute atomic E-state index is 0.140. The van der Waals surface area contributed by atoms with E-state index in [0.717, 1.165) is 11.1 Å². The minimum Gasteiger partial charge on any atom is -0.504 e. The maximum Gasteiger partial charge on any atom is 0.205 e. The van der Waals surface area contributed by atoms with Gasteiger partial charge in [0, 0.05) is 13.8 Å². The van der Waals surface area contributed by atoms with E-state index in [0.29, 0.717) is 5.76 Å². The third kappa shape index (κ3) is 3.78. The highest BCUT2D eigenvalue weighted by atomic mass is 16.7. The molecule has 1 heterocycles. The lowest BCUT2D eigenvalue weighted by atomic mass is 10.1. The molecule has 0 bridgehead atoms. The summed E-state index contributed by atoms with van der Waals surface area (Å²) in [5, 5.41) is 18.9. The summed E-state index contributed by atoms with van der Waals surface area (Å²) in [6.07, 6.45) is 5.36. The van der Waals surface area contributed by atoms with E-state index in [-0.39, 0.29) is 17.6 Å². The van der Waals surface area contributed by atoms with Crippen LogP contribution in [0.1, 0.15) is 31.1 Å². The molecule has 2 aromatic rings. The number of benzene rings is 2. The van der Waals surface area contributed by atoms with Crippen LogP contribution in [0.2, 0.25) is 0 Å². The summed E-state index contributed by atoms with van der Waals surface area (Å²) in [5.41, 5.74) is 1.82. The van der Waals surface area contributed by atoms with E-state index in [1.165, 1.54) is 12.1 Å². The van der Waals surface area contributed by atoms with Crippen molar-refractivity contribution in [3.8, 4) is 11.5 Å². The Labute approximate surface area is 141 Å². The average molecular weight is 324 g/mol. The summed E-state index contributed by atoms with van der Waals surface area (Å²) < 4.78 is 11.8. The Kier molecular flexibility index (Phi) is 4.32. The third-order valence-corrected chi connectivity index (χ3v) is 3.66. The zero-order valence-electron chi connectivity index (χ0n) is 13.6. The maximum atomic E-state index is 9.56. The lowest BCUT2D eigenvalue weighted by molar-refractivity contribution is -0.221. The standard InChI is InChI=1S/C20H20O4/c1-20(2)23-16(10-8-14-9-11-17(21)18(22)12-14)13-19(24-20)15-6-4-3-5-7-15/h3-13,19,21-22H,1-2H3/b10-8+. The Balaban J connectivity index is 1.86. The molecule has 2 aromatic carbocycles. The lowest BCUT2D eigenvalue weighted by Gasteiger charge is -2.35. The average Bonchev–Trinajstić information content (AvgIpc) is 2.55. The van der Waals surface area contributed by atoms with Crippen LogP contribution in [-0.2, 0) is 9.47 Å². The first-order chi connectivity index (χ1) is 11.4. The van der Waals surface area contributed by atoms with Gasteiger partial charge in [0.2, 0.25) is 5.79 Å². The van der Waals surface area contributed by atoms with Crippen molar-refractivity contribution in [3.63, 3.8) is 0 Å². The van der Waals surface area contributed by atoms with Crippen LogP contribution >= 0.6 is 0 Å². The molecule has 0 aliphatic carbocycles. The summed E-state index contributed by atoms with van der Waals surface area (Å²) in [6.45, 7) is 3.74. The molecule has 0 fully saturated rings. The van der Waals surface area contributed by atoms with Gasteiger partial charge in [-0.15, -0.1) is 0 Å². The zero-order chi connectivity index (χ0) is 17.2. The van der Waals surface area contributed by atoms with Crippen molar-refractivity contribution in [2.75, 3.05) is 0 Å². The van der Waals surface area contributed by atoms with Crippen molar-refractivity contribution in [1.29, 1.82) is 0 Å². The quantitative estimate of drug-likeness (QED) is 0.815. The fraction of sp³-hybridized carbons (Fsp3) is 0.200. The molecular weight excluding hydrogens is 304 g/mol. The van der Waals surface area contributed by atoms with Crippen molar-refractivity contribution >= 4 is 6.08 Å². The second-order valence-electron chi connectivity index (χ2n) is 6.10. The molecule has 0 amide bonds. The summed E-state index contributed by atoms with van der Waals surface area (Å²) in [5.74, 6) is -0.348. The SMILES string of the molecule is CC1(C)OC(/C=C/c2ccc(O)c(O)c2)=CC(c2ccccc2)O1. The van der Waals surface area contributed by atoms with Gasteiger partial charge in [-0.3, -0.25) is 0 Å². The van der Waals surface area contributed by atoms with Crippen LogP contribution in [0.5, 0.6) is 11.5 Å². The molecule has 124 valence electrons. The number of phenolic OH excluding ortho intramolecular Hbond substituents is 2. The van der Waals surface area contributed by atoms with Crippen LogP contribution in [0.4, 0.5) is 0 Å². The van der Waals surface area contributed by atoms with E-state index in [2.05, 4.69) is 0 Å². The van der Waals surface area contributed by atoms with Crippen molar-refractivity contribution in [2.45, 2.75) is 25.7 Å². The number of allylic oxidation sites excluding steroid dienone is 1. The van der Waals surface area contributed by atoms with E-state index in [1.807, 2.05) is 62.4 Å². The Morgan fingerprint density at radius 2 is 1.71 bits per heavy atom. The number of phenols is 2. The normalized spacial score (nSPS) is 19.8. The third-order valence-electron chi connectivity index (χ3n) is 3.66. The van der Waals surface area contributed by atoms with Crippen LogP contribution in [0.15, 0.2) is 66.4 Å². The number of hydrogen-bond acceptors (Lipinski definition) is 4. The number of aromatic hydroxyl groups is 2. The molecule has 0 aromatic heterocycles. The molecule has 4 heteroatoms.